The Kier molecular flexibility index (Phi) is 4.27. The van der Waals surface area contributed by atoms with Crippen molar-refractivity contribution >= 4 is 17.3 Å². The number of rotatable bonds is 4. The van der Waals surface area contributed by atoms with Gasteiger partial charge < -0.3 is 15.8 Å². The Morgan fingerprint density at radius 3 is 3.05 bits per heavy atom. The van der Waals surface area contributed by atoms with E-state index in [0.717, 1.165) is 29.8 Å². The summed E-state index contributed by atoms with van der Waals surface area (Å²) >= 11 is 6.19. The Balaban J connectivity index is 1.79. The SMILES string of the molecule is Nc1cccc(-c2cc(OCC3CCCN3)cnc2Cl)c1. The van der Waals surface area contributed by atoms with Crippen LogP contribution in [0.15, 0.2) is 36.5 Å². The fourth-order valence-electron chi connectivity index (χ4n) is 2.51. The molecule has 1 aromatic heterocycles. The zero-order valence-electron chi connectivity index (χ0n) is 11.7. The van der Waals surface area contributed by atoms with Gasteiger partial charge in [-0.2, -0.15) is 0 Å². The van der Waals surface area contributed by atoms with Crippen molar-refractivity contribution in [3.05, 3.63) is 41.7 Å². The molecule has 0 amide bonds. The van der Waals surface area contributed by atoms with Crippen LogP contribution >= 0.6 is 11.6 Å². The number of aromatic nitrogens is 1. The van der Waals surface area contributed by atoms with Crippen molar-refractivity contribution in [2.45, 2.75) is 18.9 Å². The molecule has 3 N–H and O–H groups in total. The van der Waals surface area contributed by atoms with Gasteiger partial charge in [0.05, 0.1) is 6.20 Å². The zero-order valence-corrected chi connectivity index (χ0v) is 12.4. The van der Waals surface area contributed by atoms with Crippen molar-refractivity contribution in [3.63, 3.8) is 0 Å². The first-order valence-corrected chi connectivity index (χ1v) is 7.48. The van der Waals surface area contributed by atoms with Gasteiger partial charge in [-0.25, -0.2) is 4.98 Å². The minimum absolute atomic E-state index is 0.427. The second kappa shape index (κ2) is 6.33. The highest BCUT2D eigenvalue weighted by molar-refractivity contribution is 6.32. The lowest BCUT2D eigenvalue weighted by Crippen LogP contribution is -2.28. The maximum absolute atomic E-state index is 6.19. The number of ether oxygens (including phenoxy) is 1. The third-order valence-corrected chi connectivity index (χ3v) is 3.93. The number of halogens is 1. The first kappa shape index (κ1) is 14.2. The second-order valence-corrected chi connectivity index (χ2v) is 5.60. The summed E-state index contributed by atoms with van der Waals surface area (Å²) in [6.45, 7) is 1.72. The summed E-state index contributed by atoms with van der Waals surface area (Å²) in [6.07, 6.45) is 4.03. The molecule has 5 heteroatoms. The van der Waals surface area contributed by atoms with Crippen molar-refractivity contribution in [3.8, 4) is 16.9 Å². The molecule has 21 heavy (non-hydrogen) atoms. The van der Waals surface area contributed by atoms with Gasteiger partial charge in [-0.05, 0) is 43.1 Å². The van der Waals surface area contributed by atoms with E-state index in [1.807, 2.05) is 30.3 Å². The lowest BCUT2D eigenvalue weighted by Gasteiger charge is -2.13. The number of nitrogen functional groups attached to an aromatic ring is 1. The van der Waals surface area contributed by atoms with Crippen LogP contribution in [-0.4, -0.2) is 24.2 Å². The molecular weight excluding hydrogens is 286 g/mol. The third kappa shape index (κ3) is 3.46. The Bertz CT molecular complexity index is 627. The highest BCUT2D eigenvalue weighted by Crippen LogP contribution is 2.30. The molecule has 1 atom stereocenters. The number of anilines is 1. The summed E-state index contributed by atoms with van der Waals surface area (Å²) in [7, 11) is 0. The van der Waals surface area contributed by atoms with Gasteiger partial charge >= 0.3 is 0 Å². The standard InChI is InChI=1S/C16H18ClN3O/c17-16-15(11-3-1-4-12(18)7-11)8-14(9-20-16)21-10-13-5-2-6-19-13/h1,3-4,7-9,13,19H,2,5-6,10,18H2. The van der Waals surface area contributed by atoms with Crippen LogP contribution in [-0.2, 0) is 0 Å². The number of nitrogens with zero attached hydrogens (tertiary/aromatic N) is 1. The molecule has 1 aliphatic heterocycles. The molecule has 4 nitrogen and oxygen atoms in total. The molecule has 0 aliphatic carbocycles. The fourth-order valence-corrected chi connectivity index (χ4v) is 2.72. The van der Waals surface area contributed by atoms with Crippen molar-refractivity contribution in [2.75, 3.05) is 18.9 Å². The van der Waals surface area contributed by atoms with E-state index in [4.69, 9.17) is 22.1 Å². The number of pyridine rings is 1. The number of hydrogen-bond donors (Lipinski definition) is 2. The molecule has 2 heterocycles. The molecule has 1 aliphatic rings. The molecule has 3 rings (SSSR count). The zero-order chi connectivity index (χ0) is 14.7. The van der Waals surface area contributed by atoms with E-state index in [2.05, 4.69) is 10.3 Å². The van der Waals surface area contributed by atoms with Gasteiger partial charge in [-0.3, -0.25) is 0 Å². The number of nitrogens with one attached hydrogen (secondary N) is 1. The molecule has 1 aromatic carbocycles. The summed E-state index contributed by atoms with van der Waals surface area (Å²) < 4.78 is 5.82. The molecule has 0 spiro atoms. The number of benzene rings is 1. The summed E-state index contributed by atoms with van der Waals surface area (Å²) in [6, 6.07) is 9.93. The normalized spacial score (nSPS) is 17.9. The second-order valence-electron chi connectivity index (χ2n) is 5.24. The van der Waals surface area contributed by atoms with Gasteiger partial charge in [0.15, 0.2) is 0 Å². The molecule has 1 saturated heterocycles. The van der Waals surface area contributed by atoms with Crippen LogP contribution in [0.2, 0.25) is 5.15 Å². The van der Waals surface area contributed by atoms with E-state index in [1.54, 1.807) is 6.20 Å². The maximum atomic E-state index is 6.19. The lowest BCUT2D eigenvalue weighted by atomic mass is 10.1. The molecule has 0 bridgehead atoms. The van der Waals surface area contributed by atoms with Gasteiger partial charge in [0.25, 0.3) is 0 Å². The van der Waals surface area contributed by atoms with Crippen molar-refractivity contribution in [1.29, 1.82) is 0 Å². The van der Waals surface area contributed by atoms with Gasteiger partial charge in [0.1, 0.15) is 17.5 Å². The van der Waals surface area contributed by atoms with Crippen LogP contribution in [0.4, 0.5) is 5.69 Å². The average Bonchev–Trinajstić information content (AvgIpc) is 3.00. The Hall–Kier alpha value is -1.78. The van der Waals surface area contributed by atoms with Crippen LogP contribution < -0.4 is 15.8 Å². The van der Waals surface area contributed by atoms with Crippen LogP contribution in [0.25, 0.3) is 11.1 Å². The number of hydrogen-bond acceptors (Lipinski definition) is 4. The molecule has 0 radical (unpaired) electrons. The van der Waals surface area contributed by atoms with Crippen molar-refractivity contribution in [1.82, 2.24) is 10.3 Å². The van der Waals surface area contributed by atoms with E-state index in [1.165, 1.54) is 6.42 Å². The number of nitrogens with two attached hydrogens (primary N) is 1. The fraction of sp³-hybridized carbons (Fsp3) is 0.312. The van der Waals surface area contributed by atoms with Gasteiger partial charge in [0.2, 0.25) is 0 Å². The van der Waals surface area contributed by atoms with Gasteiger partial charge in [-0.15, -0.1) is 0 Å². The summed E-state index contributed by atoms with van der Waals surface area (Å²) in [4.78, 5) is 4.21. The Morgan fingerprint density at radius 2 is 2.29 bits per heavy atom. The van der Waals surface area contributed by atoms with E-state index in [9.17, 15) is 0 Å². The first-order chi connectivity index (χ1) is 10.2. The topological polar surface area (TPSA) is 60.2 Å². The van der Waals surface area contributed by atoms with Crippen LogP contribution in [0.3, 0.4) is 0 Å². The third-order valence-electron chi connectivity index (χ3n) is 3.63. The minimum atomic E-state index is 0.427. The predicted octanol–water partition coefficient (Wildman–Crippen LogP) is 3.12. The molecule has 110 valence electrons. The molecule has 0 saturated carbocycles. The maximum Gasteiger partial charge on any atom is 0.138 e. The van der Waals surface area contributed by atoms with Crippen molar-refractivity contribution in [2.24, 2.45) is 0 Å². The quantitative estimate of drug-likeness (QED) is 0.673. The molecular formula is C16H18ClN3O. The van der Waals surface area contributed by atoms with Gasteiger partial charge in [-0.1, -0.05) is 23.7 Å². The summed E-state index contributed by atoms with van der Waals surface area (Å²) in [5, 5.41) is 3.85. The molecule has 2 aromatic rings. The summed E-state index contributed by atoms with van der Waals surface area (Å²) in [5.41, 5.74) is 8.30. The van der Waals surface area contributed by atoms with E-state index in [0.29, 0.717) is 23.5 Å². The summed E-state index contributed by atoms with van der Waals surface area (Å²) in [5.74, 6) is 0.727. The Morgan fingerprint density at radius 1 is 1.38 bits per heavy atom. The smallest absolute Gasteiger partial charge is 0.138 e. The first-order valence-electron chi connectivity index (χ1n) is 7.10. The lowest BCUT2D eigenvalue weighted by molar-refractivity contribution is 0.276. The average molecular weight is 304 g/mol. The molecule has 1 unspecified atom stereocenters. The minimum Gasteiger partial charge on any atom is -0.490 e. The highest BCUT2D eigenvalue weighted by Gasteiger charge is 2.15. The van der Waals surface area contributed by atoms with Crippen LogP contribution in [0.1, 0.15) is 12.8 Å². The van der Waals surface area contributed by atoms with Crippen LogP contribution in [0, 0.1) is 0 Å². The van der Waals surface area contributed by atoms with E-state index in [-0.39, 0.29) is 0 Å². The Labute approximate surface area is 129 Å². The largest absolute Gasteiger partial charge is 0.490 e. The van der Waals surface area contributed by atoms with Gasteiger partial charge in [0, 0.05) is 17.3 Å². The van der Waals surface area contributed by atoms with E-state index < -0.39 is 0 Å². The monoisotopic (exact) mass is 303 g/mol. The molecule has 1 fully saturated rings. The van der Waals surface area contributed by atoms with Crippen molar-refractivity contribution < 1.29 is 4.74 Å². The van der Waals surface area contributed by atoms with Crippen LogP contribution in [0.5, 0.6) is 5.75 Å². The van der Waals surface area contributed by atoms with E-state index >= 15 is 0 Å². The highest BCUT2D eigenvalue weighted by atomic mass is 35.5. The predicted molar refractivity (Wildman–Crippen MR) is 85.6 cm³/mol.